The van der Waals surface area contributed by atoms with Crippen molar-refractivity contribution in [1.82, 2.24) is 0 Å². The molecule has 0 saturated carbocycles. The van der Waals surface area contributed by atoms with Gasteiger partial charge in [0.2, 0.25) is 0 Å². The van der Waals surface area contributed by atoms with E-state index in [1.54, 1.807) is 25.3 Å². The summed E-state index contributed by atoms with van der Waals surface area (Å²) >= 11 is 0. The number of nitrogens with two attached hydrogens (primary N) is 1. The zero-order chi connectivity index (χ0) is 11.3. The van der Waals surface area contributed by atoms with Gasteiger partial charge in [0, 0.05) is 6.07 Å². The highest BCUT2D eigenvalue weighted by molar-refractivity contribution is 5.77. The zero-order valence-corrected chi connectivity index (χ0v) is 8.74. The molecule has 0 radical (unpaired) electrons. The number of benzene rings is 1. The summed E-state index contributed by atoms with van der Waals surface area (Å²) in [5.41, 5.74) is 6.94. The second kappa shape index (κ2) is 5.09. The second-order valence-corrected chi connectivity index (χ2v) is 2.88. The first-order chi connectivity index (χ1) is 7.17. The largest absolute Gasteiger partial charge is 0.497 e. The average molecular weight is 210 g/mol. The van der Waals surface area contributed by atoms with E-state index in [9.17, 15) is 4.79 Å². The smallest absolute Gasteiger partial charge is 0.325 e. The van der Waals surface area contributed by atoms with Crippen LogP contribution in [0.4, 0.5) is 11.4 Å². The molecule has 0 unspecified atom stereocenters. The molecule has 0 atom stereocenters. The molecule has 0 bridgehead atoms. The molecule has 0 aliphatic rings. The number of hydrogen-bond donors (Lipinski definition) is 2. The minimum atomic E-state index is -0.342. The summed E-state index contributed by atoms with van der Waals surface area (Å²) in [6.07, 6.45) is 0. The van der Waals surface area contributed by atoms with Gasteiger partial charge in [0.15, 0.2) is 0 Å². The maximum absolute atomic E-state index is 10.9. The van der Waals surface area contributed by atoms with Crippen molar-refractivity contribution in [2.24, 2.45) is 0 Å². The monoisotopic (exact) mass is 210 g/mol. The second-order valence-electron chi connectivity index (χ2n) is 2.88. The number of nitrogen functional groups attached to an aromatic ring is 1. The van der Waals surface area contributed by atoms with Crippen LogP contribution in [0.2, 0.25) is 0 Å². The van der Waals surface area contributed by atoms with Crippen molar-refractivity contribution in [3.8, 4) is 5.75 Å². The number of methoxy groups -OCH3 is 2. The van der Waals surface area contributed by atoms with Crippen molar-refractivity contribution in [2.75, 3.05) is 31.8 Å². The Hall–Kier alpha value is -1.91. The Morgan fingerprint density at radius 1 is 1.47 bits per heavy atom. The predicted octanol–water partition coefficient (Wildman–Crippen LogP) is 0.862. The first-order valence-corrected chi connectivity index (χ1v) is 4.41. The average Bonchev–Trinajstić information content (AvgIpc) is 2.26. The highest BCUT2D eigenvalue weighted by Gasteiger charge is 2.03. The summed E-state index contributed by atoms with van der Waals surface area (Å²) < 4.78 is 9.49. The normalized spacial score (nSPS) is 9.47. The van der Waals surface area contributed by atoms with Gasteiger partial charge in [-0.25, -0.2) is 0 Å². The molecule has 0 heterocycles. The third kappa shape index (κ3) is 3.05. The van der Waals surface area contributed by atoms with Crippen molar-refractivity contribution in [1.29, 1.82) is 0 Å². The van der Waals surface area contributed by atoms with Crippen LogP contribution >= 0.6 is 0 Å². The number of hydrogen-bond acceptors (Lipinski definition) is 5. The van der Waals surface area contributed by atoms with Gasteiger partial charge in [0.25, 0.3) is 0 Å². The molecule has 5 heteroatoms. The Kier molecular flexibility index (Phi) is 3.79. The van der Waals surface area contributed by atoms with Crippen molar-refractivity contribution in [3.63, 3.8) is 0 Å². The van der Waals surface area contributed by atoms with Crippen LogP contribution in [0, 0.1) is 0 Å². The van der Waals surface area contributed by atoms with Gasteiger partial charge >= 0.3 is 5.97 Å². The van der Waals surface area contributed by atoms with Crippen LogP contribution in [0.25, 0.3) is 0 Å². The summed E-state index contributed by atoms with van der Waals surface area (Å²) in [5.74, 6) is 0.335. The Labute approximate surface area is 88.2 Å². The van der Waals surface area contributed by atoms with Crippen LogP contribution in [-0.4, -0.2) is 26.7 Å². The number of ether oxygens (including phenoxy) is 2. The summed E-state index contributed by atoms with van der Waals surface area (Å²) in [6.45, 7) is 0.0903. The number of esters is 1. The van der Waals surface area contributed by atoms with E-state index in [0.717, 1.165) is 0 Å². The standard InChI is InChI=1S/C10H14N2O3/c1-14-7-3-4-9(8(11)5-7)12-6-10(13)15-2/h3-5,12H,6,11H2,1-2H3. The van der Waals surface area contributed by atoms with Crippen molar-refractivity contribution < 1.29 is 14.3 Å². The van der Waals surface area contributed by atoms with Crippen molar-refractivity contribution >= 4 is 17.3 Å². The van der Waals surface area contributed by atoms with Gasteiger partial charge in [-0.3, -0.25) is 4.79 Å². The fraction of sp³-hybridized carbons (Fsp3) is 0.300. The number of carbonyl (C=O) groups excluding carboxylic acids is 1. The number of carbonyl (C=O) groups is 1. The van der Waals surface area contributed by atoms with E-state index in [1.165, 1.54) is 7.11 Å². The maximum atomic E-state index is 10.9. The molecule has 3 N–H and O–H groups in total. The topological polar surface area (TPSA) is 73.6 Å². The lowest BCUT2D eigenvalue weighted by Gasteiger charge is -2.09. The number of rotatable bonds is 4. The van der Waals surface area contributed by atoms with E-state index in [-0.39, 0.29) is 12.5 Å². The lowest BCUT2D eigenvalue weighted by molar-refractivity contribution is -0.138. The van der Waals surface area contributed by atoms with Crippen molar-refractivity contribution in [2.45, 2.75) is 0 Å². The molecule has 15 heavy (non-hydrogen) atoms. The molecule has 0 aromatic heterocycles. The molecule has 5 nitrogen and oxygen atoms in total. The Morgan fingerprint density at radius 3 is 2.73 bits per heavy atom. The third-order valence-corrected chi connectivity index (χ3v) is 1.91. The highest BCUT2D eigenvalue weighted by Crippen LogP contribution is 2.23. The third-order valence-electron chi connectivity index (χ3n) is 1.91. The molecular weight excluding hydrogens is 196 g/mol. The van der Waals surface area contributed by atoms with E-state index in [0.29, 0.717) is 17.1 Å². The fourth-order valence-corrected chi connectivity index (χ4v) is 1.07. The van der Waals surface area contributed by atoms with Gasteiger partial charge in [-0.2, -0.15) is 0 Å². The lowest BCUT2D eigenvalue weighted by atomic mass is 10.2. The molecule has 1 aromatic carbocycles. The van der Waals surface area contributed by atoms with E-state index in [4.69, 9.17) is 10.5 Å². The van der Waals surface area contributed by atoms with Gasteiger partial charge in [0.05, 0.1) is 25.6 Å². The van der Waals surface area contributed by atoms with Crippen LogP contribution in [0.5, 0.6) is 5.75 Å². The molecule has 0 fully saturated rings. The quantitative estimate of drug-likeness (QED) is 0.569. The van der Waals surface area contributed by atoms with Crippen LogP contribution in [0.1, 0.15) is 0 Å². The van der Waals surface area contributed by atoms with E-state index < -0.39 is 0 Å². The Morgan fingerprint density at radius 2 is 2.20 bits per heavy atom. The van der Waals surface area contributed by atoms with Crippen LogP contribution < -0.4 is 15.8 Å². The van der Waals surface area contributed by atoms with Gasteiger partial charge in [-0.15, -0.1) is 0 Å². The molecular formula is C10H14N2O3. The summed E-state index contributed by atoms with van der Waals surface area (Å²) in [7, 11) is 2.90. The first kappa shape index (κ1) is 11.2. The Bertz CT molecular complexity index is 353. The summed E-state index contributed by atoms with van der Waals surface area (Å²) in [4.78, 5) is 10.9. The minimum Gasteiger partial charge on any atom is -0.497 e. The molecule has 1 aromatic rings. The number of anilines is 2. The van der Waals surface area contributed by atoms with Gasteiger partial charge < -0.3 is 20.5 Å². The molecule has 1 rings (SSSR count). The number of nitrogens with one attached hydrogen (secondary N) is 1. The highest BCUT2D eigenvalue weighted by atomic mass is 16.5. The molecule has 0 saturated heterocycles. The van der Waals surface area contributed by atoms with Gasteiger partial charge in [0.1, 0.15) is 12.3 Å². The Balaban J connectivity index is 2.66. The lowest BCUT2D eigenvalue weighted by Crippen LogP contribution is -2.15. The van der Waals surface area contributed by atoms with Gasteiger partial charge in [-0.1, -0.05) is 0 Å². The molecule has 0 spiro atoms. The molecule has 82 valence electrons. The van der Waals surface area contributed by atoms with E-state index >= 15 is 0 Å². The molecule has 0 amide bonds. The SMILES string of the molecule is COC(=O)CNc1ccc(OC)cc1N. The van der Waals surface area contributed by atoms with Gasteiger partial charge in [-0.05, 0) is 12.1 Å². The van der Waals surface area contributed by atoms with Crippen molar-refractivity contribution in [3.05, 3.63) is 18.2 Å². The summed E-state index contributed by atoms with van der Waals surface area (Å²) in [5, 5.41) is 2.86. The maximum Gasteiger partial charge on any atom is 0.325 e. The fourth-order valence-electron chi connectivity index (χ4n) is 1.07. The van der Waals surface area contributed by atoms with E-state index in [1.807, 2.05) is 0 Å². The predicted molar refractivity (Wildman–Crippen MR) is 57.9 cm³/mol. The van der Waals surface area contributed by atoms with Crippen LogP contribution in [-0.2, 0) is 9.53 Å². The first-order valence-electron chi connectivity index (χ1n) is 4.41. The summed E-state index contributed by atoms with van der Waals surface area (Å²) in [6, 6.07) is 5.19. The minimum absolute atomic E-state index is 0.0903. The van der Waals surface area contributed by atoms with E-state index in [2.05, 4.69) is 10.1 Å². The molecule has 0 aliphatic heterocycles. The van der Waals surface area contributed by atoms with Crippen LogP contribution in [0.15, 0.2) is 18.2 Å². The van der Waals surface area contributed by atoms with Crippen LogP contribution in [0.3, 0.4) is 0 Å². The zero-order valence-electron chi connectivity index (χ0n) is 8.74. The molecule has 0 aliphatic carbocycles.